The number of amides is 1. The number of nitrogen functional groups attached to an aromatic ring is 1. The summed E-state index contributed by atoms with van der Waals surface area (Å²) in [6.45, 7) is 1.81. The van der Waals surface area contributed by atoms with Crippen LogP contribution in [0.3, 0.4) is 0 Å². The minimum Gasteiger partial charge on any atom is -0.394 e. The van der Waals surface area contributed by atoms with Crippen molar-refractivity contribution in [3.8, 4) is 0 Å². The van der Waals surface area contributed by atoms with E-state index in [1.165, 1.54) is 0 Å². The average Bonchev–Trinajstić information content (AvgIpc) is 2.51. The van der Waals surface area contributed by atoms with Crippen LogP contribution < -0.4 is 11.1 Å². The van der Waals surface area contributed by atoms with Crippen molar-refractivity contribution in [2.75, 3.05) is 18.2 Å². The Bertz CT molecular complexity index is 457. The Morgan fingerprint density at radius 3 is 2.67 bits per heavy atom. The van der Waals surface area contributed by atoms with Crippen LogP contribution in [0, 0.1) is 6.92 Å². The summed E-state index contributed by atoms with van der Waals surface area (Å²) in [5.41, 5.74) is 6.83. The van der Waals surface area contributed by atoms with E-state index in [1.54, 1.807) is 18.8 Å². The van der Waals surface area contributed by atoms with Crippen LogP contribution in [0.25, 0.3) is 0 Å². The Balaban J connectivity index is 2.03. The fraction of sp³-hybridized carbons (Fsp3) is 0.667. The van der Waals surface area contributed by atoms with Gasteiger partial charge in [-0.25, -0.2) is 0 Å². The second-order valence-corrected chi connectivity index (χ2v) is 4.94. The Kier molecular flexibility index (Phi) is 3.30. The summed E-state index contributed by atoms with van der Waals surface area (Å²) < 4.78 is 7.02. The predicted molar refractivity (Wildman–Crippen MR) is 69.2 cm³/mol. The number of rotatable bonds is 4. The van der Waals surface area contributed by atoms with Crippen LogP contribution in [0.2, 0.25) is 0 Å². The topological polar surface area (TPSA) is 82.2 Å². The number of hydrogen-bond donors (Lipinski definition) is 2. The first-order valence-electron chi connectivity index (χ1n) is 6.11. The maximum absolute atomic E-state index is 12.0. The zero-order valence-electron chi connectivity index (χ0n) is 11.1. The van der Waals surface area contributed by atoms with Crippen LogP contribution in [0.4, 0.5) is 11.5 Å². The first-order valence-corrected chi connectivity index (χ1v) is 6.11. The highest BCUT2D eigenvalue weighted by atomic mass is 16.5. The minimum atomic E-state index is -0.271. The molecule has 100 valence electrons. The van der Waals surface area contributed by atoms with E-state index in [0.717, 1.165) is 25.0 Å². The van der Waals surface area contributed by atoms with Crippen molar-refractivity contribution in [1.82, 2.24) is 9.78 Å². The molecule has 0 saturated heterocycles. The second kappa shape index (κ2) is 4.61. The maximum atomic E-state index is 12.0. The first-order chi connectivity index (χ1) is 8.47. The molecule has 18 heavy (non-hydrogen) atoms. The van der Waals surface area contributed by atoms with Crippen molar-refractivity contribution in [3.05, 3.63) is 5.69 Å². The lowest BCUT2D eigenvalue weighted by molar-refractivity contribution is -0.129. The van der Waals surface area contributed by atoms with Crippen LogP contribution in [0.15, 0.2) is 0 Å². The number of nitrogens with zero attached hydrogens (tertiary/aromatic N) is 2. The van der Waals surface area contributed by atoms with Crippen molar-refractivity contribution < 1.29 is 9.53 Å². The zero-order chi connectivity index (χ0) is 13.3. The van der Waals surface area contributed by atoms with E-state index in [4.69, 9.17) is 10.5 Å². The first kappa shape index (κ1) is 12.9. The van der Waals surface area contributed by atoms with E-state index in [9.17, 15) is 4.79 Å². The molecule has 0 aliphatic heterocycles. The third-order valence-corrected chi connectivity index (χ3v) is 3.71. The summed E-state index contributed by atoms with van der Waals surface area (Å²) in [6, 6.07) is 0. The van der Waals surface area contributed by atoms with Gasteiger partial charge in [0, 0.05) is 14.2 Å². The lowest BCUT2D eigenvalue weighted by atomic mass is 9.77. The standard InChI is InChI=1S/C12H20N4O2/c1-8-10(13)11(16(2)15-8)14-9(17)7-12(18-3)5-4-6-12/h4-7,13H2,1-3H3,(H,14,17). The molecular weight excluding hydrogens is 232 g/mol. The smallest absolute Gasteiger partial charge is 0.228 e. The summed E-state index contributed by atoms with van der Waals surface area (Å²) in [5.74, 6) is 0.481. The number of carbonyl (C=O) groups is 1. The van der Waals surface area contributed by atoms with Gasteiger partial charge in [-0.05, 0) is 26.2 Å². The number of nitrogens with one attached hydrogen (secondary N) is 1. The minimum absolute atomic E-state index is 0.0775. The molecule has 6 heteroatoms. The van der Waals surface area contributed by atoms with Gasteiger partial charge in [0.25, 0.3) is 0 Å². The number of aryl methyl sites for hydroxylation is 2. The molecule has 3 N–H and O–H groups in total. The second-order valence-electron chi connectivity index (χ2n) is 4.94. The number of anilines is 2. The largest absolute Gasteiger partial charge is 0.394 e. The van der Waals surface area contributed by atoms with Gasteiger partial charge >= 0.3 is 0 Å². The molecule has 0 spiro atoms. The molecule has 0 bridgehead atoms. The lowest BCUT2D eigenvalue weighted by Gasteiger charge is -2.39. The van der Waals surface area contributed by atoms with Gasteiger partial charge in [-0.15, -0.1) is 0 Å². The molecule has 0 unspecified atom stereocenters. The van der Waals surface area contributed by atoms with Gasteiger partial charge in [-0.2, -0.15) is 5.10 Å². The molecule has 1 aromatic heterocycles. The van der Waals surface area contributed by atoms with Crippen molar-refractivity contribution in [2.45, 2.75) is 38.2 Å². The van der Waals surface area contributed by atoms with Gasteiger partial charge < -0.3 is 15.8 Å². The Hall–Kier alpha value is -1.56. The third-order valence-electron chi connectivity index (χ3n) is 3.71. The molecule has 1 heterocycles. The highest BCUT2D eigenvalue weighted by molar-refractivity contribution is 5.93. The third kappa shape index (κ3) is 2.20. The SMILES string of the molecule is COC1(CC(=O)Nc2c(N)c(C)nn2C)CCC1. The van der Waals surface area contributed by atoms with Crippen LogP contribution in [-0.4, -0.2) is 28.4 Å². The highest BCUT2D eigenvalue weighted by Crippen LogP contribution is 2.38. The van der Waals surface area contributed by atoms with Crippen LogP contribution in [0.5, 0.6) is 0 Å². The molecule has 2 rings (SSSR count). The Labute approximate surface area is 106 Å². The summed E-state index contributed by atoms with van der Waals surface area (Å²) in [5, 5.41) is 6.97. The normalized spacial score (nSPS) is 17.3. The average molecular weight is 252 g/mol. The molecule has 1 aromatic rings. The number of hydrogen-bond acceptors (Lipinski definition) is 4. The molecule has 6 nitrogen and oxygen atoms in total. The van der Waals surface area contributed by atoms with Crippen molar-refractivity contribution in [1.29, 1.82) is 0 Å². The van der Waals surface area contributed by atoms with Crippen LogP contribution in [0.1, 0.15) is 31.4 Å². The van der Waals surface area contributed by atoms with E-state index < -0.39 is 0 Å². The molecule has 1 saturated carbocycles. The fourth-order valence-corrected chi connectivity index (χ4v) is 2.32. The van der Waals surface area contributed by atoms with E-state index in [2.05, 4.69) is 10.4 Å². The molecule has 1 aliphatic carbocycles. The van der Waals surface area contributed by atoms with Crippen molar-refractivity contribution in [3.63, 3.8) is 0 Å². The van der Waals surface area contributed by atoms with Gasteiger partial charge in [0.1, 0.15) is 0 Å². The number of methoxy groups -OCH3 is 1. The van der Waals surface area contributed by atoms with Gasteiger partial charge in [-0.1, -0.05) is 0 Å². The van der Waals surface area contributed by atoms with E-state index >= 15 is 0 Å². The number of carbonyl (C=O) groups excluding carboxylic acids is 1. The zero-order valence-corrected chi connectivity index (χ0v) is 11.1. The van der Waals surface area contributed by atoms with Gasteiger partial charge in [0.15, 0.2) is 5.82 Å². The summed E-state index contributed by atoms with van der Waals surface area (Å²) in [4.78, 5) is 12.0. The lowest BCUT2D eigenvalue weighted by Crippen LogP contribution is -2.42. The molecule has 1 amide bonds. The van der Waals surface area contributed by atoms with Crippen LogP contribution in [-0.2, 0) is 16.6 Å². The van der Waals surface area contributed by atoms with Gasteiger partial charge in [-0.3, -0.25) is 9.48 Å². The van der Waals surface area contributed by atoms with Crippen molar-refractivity contribution in [2.24, 2.45) is 7.05 Å². The summed E-state index contributed by atoms with van der Waals surface area (Å²) >= 11 is 0. The number of ether oxygens (including phenoxy) is 1. The van der Waals surface area contributed by atoms with Gasteiger partial charge in [0.2, 0.25) is 5.91 Å². The molecular formula is C12H20N4O2. The van der Waals surface area contributed by atoms with E-state index in [0.29, 0.717) is 17.9 Å². The van der Waals surface area contributed by atoms with Crippen molar-refractivity contribution >= 4 is 17.4 Å². The molecule has 1 aliphatic rings. The molecule has 0 atom stereocenters. The van der Waals surface area contributed by atoms with Crippen LogP contribution >= 0.6 is 0 Å². The van der Waals surface area contributed by atoms with E-state index in [1.807, 2.05) is 6.92 Å². The molecule has 1 fully saturated rings. The number of nitrogens with two attached hydrogens (primary N) is 1. The highest BCUT2D eigenvalue weighted by Gasteiger charge is 2.39. The monoisotopic (exact) mass is 252 g/mol. The quantitative estimate of drug-likeness (QED) is 0.843. The fourth-order valence-electron chi connectivity index (χ4n) is 2.32. The molecule has 0 aromatic carbocycles. The maximum Gasteiger partial charge on any atom is 0.228 e. The molecule has 0 radical (unpaired) electrons. The van der Waals surface area contributed by atoms with E-state index in [-0.39, 0.29) is 11.5 Å². The van der Waals surface area contributed by atoms with Gasteiger partial charge in [0.05, 0.1) is 23.4 Å². The Morgan fingerprint density at radius 1 is 1.61 bits per heavy atom. The Morgan fingerprint density at radius 2 is 2.28 bits per heavy atom. The summed E-state index contributed by atoms with van der Waals surface area (Å²) in [6.07, 6.45) is 3.37. The number of aromatic nitrogens is 2. The predicted octanol–water partition coefficient (Wildman–Crippen LogP) is 1.21. The summed E-state index contributed by atoms with van der Waals surface area (Å²) in [7, 11) is 3.42.